The van der Waals surface area contributed by atoms with Crippen molar-refractivity contribution >= 4 is 10.8 Å². The van der Waals surface area contributed by atoms with Crippen molar-refractivity contribution in [2.45, 2.75) is 71.1 Å². The first-order valence-electron chi connectivity index (χ1n) is 13.1. The summed E-state index contributed by atoms with van der Waals surface area (Å²) in [5.74, 6) is -3.51. The van der Waals surface area contributed by atoms with E-state index >= 15 is 4.39 Å². The first-order valence-corrected chi connectivity index (χ1v) is 13.1. The van der Waals surface area contributed by atoms with Crippen molar-refractivity contribution in [3.05, 3.63) is 106 Å². The first kappa shape index (κ1) is 26.8. The van der Waals surface area contributed by atoms with Gasteiger partial charge in [-0.25, -0.2) is 27.5 Å². The summed E-state index contributed by atoms with van der Waals surface area (Å²) in [6.45, 7) is 2.22. The second-order valence-electron chi connectivity index (χ2n) is 9.64. The van der Waals surface area contributed by atoms with Gasteiger partial charge in [-0.1, -0.05) is 62.9 Å². The van der Waals surface area contributed by atoms with Gasteiger partial charge in [-0.15, -0.1) is 0 Å². The minimum Gasteiger partial charge on any atom is -0.241 e. The summed E-state index contributed by atoms with van der Waals surface area (Å²) < 4.78 is 55.2. The van der Waals surface area contributed by atoms with Gasteiger partial charge in [0.15, 0.2) is 17.5 Å². The molecular weight excluding hydrogens is 476 g/mol. The standard InChI is InChI=1S/C31H32F4N2/c1-2-3-4-5-6-7-23-19-36-29(37-20-23)15-10-21-9-14-26-25(16-21)13-12-24(30(26)34)11-8-22-17-27(32)31(35)28(33)18-22/h9,12-14,16-20H,2-8,10-11,15H2,1H3. The molecule has 0 aliphatic carbocycles. The van der Waals surface area contributed by atoms with Crippen LogP contribution in [-0.4, -0.2) is 9.97 Å². The molecule has 194 valence electrons. The normalized spacial score (nSPS) is 11.4. The molecule has 0 spiro atoms. The number of aryl methyl sites for hydroxylation is 5. The van der Waals surface area contributed by atoms with Crippen LogP contribution in [0.5, 0.6) is 0 Å². The fourth-order valence-corrected chi connectivity index (χ4v) is 4.59. The van der Waals surface area contributed by atoms with Crippen LogP contribution in [0, 0.1) is 23.3 Å². The van der Waals surface area contributed by atoms with Gasteiger partial charge in [-0.2, -0.15) is 0 Å². The molecule has 0 saturated carbocycles. The Morgan fingerprint density at radius 1 is 0.595 bits per heavy atom. The van der Waals surface area contributed by atoms with E-state index in [1.54, 1.807) is 12.1 Å². The highest BCUT2D eigenvalue weighted by Gasteiger charge is 2.13. The van der Waals surface area contributed by atoms with Crippen LogP contribution in [0.25, 0.3) is 10.8 Å². The summed E-state index contributed by atoms with van der Waals surface area (Å²) in [7, 11) is 0. The average molecular weight is 509 g/mol. The SMILES string of the molecule is CCCCCCCc1cnc(CCc2ccc3c(F)c(CCc4cc(F)c(F)c(F)c4)ccc3c2)nc1. The van der Waals surface area contributed by atoms with Gasteiger partial charge in [0.1, 0.15) is 11.6 Å². The van der Waals surface area contributed by atoms with Crippen LogP contribution in [0.4, 0.5) is 17.6 Å². The zero-order valence-electron chi connectivity index (χ0n) is 21.2. The number of rotatable bonds is 12. The lowest BCUT2D eigenvalue weighted by molar-refractivity contribution is 0.445. The topological polar surface area (TPSA) is 25.8 Å². The number of nitrogens with zero attached hydrogens (tertiary/aromatic N) is 2. The summed E-state index contributed by atoms with van der Waals surface area (Å²) in [4.78, 5) is 9.04. The molecule has 0 atom stereocenters. The number of aromatic nitrogens is 2. The van der Waals surface area contributed by atoms with Crippen molar-refractivity contribution in [3.8, 4) is 0 Å². The van der Waals surface area contributed by atoms with E-state index in [0.29, 0.717) is 17.4 Å². The third-order valence-electron chi connectivity index (χ3n) is 6.79. The zero-order valence-corrected chi connectivity index (χ0v) is 21.2. The van der Waals surface area contributed by atoms with Crippen LogP contribution in [0.1, 0.15) is 67.1 Å². The summed E-state index contributed by atoms with van der Waals surface area (Å²) in [5.41, 5.74) is 2.98. The molecule has 0 aliphatic heterocycles. The van der Waals surface area contributed by atoms with E-state index in [2.05, 4.69) is 16.9 Å². The van der Waals surface area contributed by atoms with Crippen LogP contribution in [0.15, 0.2) is 54.9 Å². The van der Waals surface area contributed by atoms with Crippen LogP contribution in [-0.2, 0) is 32.1 Å². The third kappa shape index (κ3) is 7.15. The van der Waals surface area contributed by atoms with Gasteiger partial charge >= 0.3 is 0 Å². The maximum absolute atomic E-state index is 15.1. The molecule has 6 heteroatoms. The van der Waals surface area contributed by atoms with Gasteiger partial charge in [0, 0.05) is 24.2 Å². The summed E-state index contributed by atoms with van der Waals surface area (Å²) in [6.07, 6.45) is 13.0. The number of hydrogen-bond acceptors (Lipinski definition) is 2. The Labute approximate surface area is 215 Å². The van der Waals surface area contributed by atoms with Crippen LogP contribution >= 0.6 is 0 Å². The highest BCUT2D eigenvalue weighted by molar-refractivity contribution is 5.84. The molecule has 2 nitrogen and oxygen atoms in total. The van der Waals surface area contributed by atoms with Crippen molar-refractivity contribution in [2.24, 2.45) is 0 Å². The Morgan fingerprint density at radius 2 is 1.30 bits per heavy atom. The Kier molecular flexibility index (Phi) is 9.26. The van der Waals surface area contributed by atoms with Gasteiger partial charge in [0.2, 0.25) is 0 Å². The summed E-state index contributed by atoms with van der Waals surface area (Å²) in [5, 5.41) is 1.29. The Hall–Kier alpha value is -3.28. The summed E-state index contributed by atoms with van der Waals surface area (Å²) >= 11 is 0. The molecule has 37 heavy (non-hydrogen) atoms. The number of hydrogen-bond donors (Lipinski definition) is 0. The van der Waals surface area contributed by atoms with Crippen LogP contribution in [0.3, 0.4) is 0 Å². The van der Waals surface area contributed by atoms with Gasteiger partial charge in [-0.3, -0.25) is 0 Å². The fraction of sp³-hybridized carbons (Fsp3) is 0.355. The van der Waals surface area contributed by atoms with Gasteiger partial charge in [0.25, 0.3) is 0 Å². The van der Waals surface area contributed by atoms with E-state index in [4.69, 9.17) is 0 Å². The number of halogens is 4. The lowest BCUT2D eigenvalue weighted by Crippen LogP contribution is -2.00. The van der Waals surface area contributed by atoms with E-state index in [-0.39, 0.29) is 24.2 Å². The molecule has 0 unspecified atom stereocenters. The molecule has 0 bridgehead atoms. The monoisotopic (exact) mass is 508 g/mol. The van der Waals surface area contributed by atoms with E-state index in [1.165, 1.54) is 37.7 Å². The molecule has 1 heterocycles. The largest absolute Gasteiger partial charge is 0.241 e. The summed E-state index contributed by atoms with van der Waals surface area (Å²) in [6, 6.07) is 11.1. The molecule has 0 fully saturated rings. The Balaban J connectivity index is 1.34. The number of unbranched alkanes of at least 4 members (excludes halogenated alkanes) is 4. The maximum atomic E-state index is 15.1. The number of benzene rings is 3. The minimum absolute atomic E-state index is 0.201. The highest BCUT2D eigenvalue weighted by Crippen LogP contribution is 2.25. The molecule has 0 amide bonds. The zero-order chi connectivity index (χ0) is 26.2. The molecule has 1 aromatic heterocycles. The lowest BCUT2D eigenvalue weighted by Gasteiger charge is -2.09. The predicted octanol–water partition coefficient (Wildman–Crippen LogP) is 8.27. The van der Waals surface area contributed by atoms with Gasteiger partial charge in [0.05, 0.1) is 0 Å². The van der Waals surface area contributed by atoms with Gasteiger partial charge in [-0.05, 0) is 71.9 Å². The molecule has 0 radical (unpaired) electrons. The maximum Gasteiger partial charge on any atom is 0.194 e. The fourth-order valence-electron chi connectivity index (χ4n) is 4.59. The van der Waals surface area contributed by atoms with Crippen molar-refractivity contribution in [2.75, 3.05) is 0 Å². The first-order chi connectivity index (χ1) is 17.9. The molecular formula is C31H32F4N2. The predicted molar refractivity (Wildman–Crippen MR) is 140 cm³/mol. The third-order valence-corrected chi connectivity index (χ3v) is 6.79. The van der Waals surface area contributed by atoms with Crippen molar-refractivity contribution in [1.82, 2.24) is 9.97 Å². The van der Waals surface area contributed by atoms with Crippen molar-refractivity contribution < 1.29 is 17.6 Å². The Morgan fingerprint density at radius 3 is 2.03 bits per heavy atom. The van der Waals surface area contributed by atoms with E-state index in [1.807, 2.05) is 30.6 Å². The van der Waals surface area contributed by atoms with Crippen molar-refractivity contribution in [3.63, 3.8) is 0 Å². The minimum atomic E-state index is -1.49. The molecule has 0 saturated heterocycles. The molecule has 3 aromatic carbocycles. The molecule has 4 aromatic rings. The van der Waals surface area contributed by atoms with Crippen LogP contribution < -0.4 is 0 Å². The molecule has 4 rings (SSSR count). The van der Waals surface area contributed by atoms with Crippen LogP contribution in [0.2, 0.25) is 0 Å². The number of fused-ring (bicyclic) bond motifs is 1. The molecule has 0 N–H and O–H groups in total. The van der Waals surface area contributed by atoms with E-state index < -0.39 is 17.5 Å². The Bertz CT molecular complexity index is 1310. The second kappa shape index (κ2) is 12.8. The quantitative estimate of drug-likeness (QED) is 0.109. The van der Waals surface area contributed by atoms with Gasteiger partial charge < -0.3 is 0 Å². The lowest BCUT2D eigenvalue weighted by atomic mass is 9.98. The van der Waals surface area contributed by atoms with Crippen molar-refractivity contribution in [1.29, 1.82) is 0 Å². The van der Waals surface area contributed by atoms with E-state index in [0.717, 1.165) is 41.7 Å². The average Bonchev–Trinajstić information content (AvgIpc) is 2.90. The van der Waals surface area contributed by atoms with E-state index in [9.17, 15) is 13.2 Å². The molecule has 0 aliphatic rings. The second-order valence-corrected chi connectivity index (χ2v) is 9.64. The highest BCUT2D eigenvalue weighted by atomic mass is 19.2. The smallest absolute Gasteiger partial charge is 0.194 e.